The van der Waals surface area contributed by atoms with Gasteiger partial charge in [-0.1, -0.05) is 23.7 Å². The van der Waals surface area contributed by atoms with Crippen LogP contribution in [0.1, 0.15) is 11.1 Å². The lowest BCUT2D eigenvalue weighted by atomic mass is 10.2. The number of anilines is 2. The fourth-order valence-corrected chi connectivity index (χ4v) is 2.16. The summed E-state index contributed by atoms with van der Waals surface area (Å²) >= 11 is 6.01. The number of nitro groups is 1. The molecule has 2 aromatic rings. The Labute approximate surface area is 138 Å². The van der Waals surface area contributed by atoms with Crippen molar-refractivity contribution in [1.82, 2.24) is 0 Å². The monoisotopic (exact) mass is 333 g/mol. The number of aryl methyl sites for hydroxylation is 2. The second-order valence-electron chi connectivity index (χ2n) is 5.14. The van der Waals surface area contributed by atoms with Gasteiger partial charge in [-0.05, 0) is 43.2 Å². The molecule has 2 aromatic carbocycles. The lowest BCUT2D eigenvalue weighted by Gasteiger charge is -2.09. The standard InChI is InChI=1S/C16H16ClN3O3/c1-10-3-6-14(15(7-10)20(22)23)19-16(21)9-18-12-5-4-11(2)13(17)8-12/h3-8,18H,9H2,1-2H3,(H,19,21). The molecule has 0 radical (unpaired) electrons. The van der Waals surface area contributed by atoms with E-state index in [9.17, 15) is 14.9 Å². The van der Waals surface area contributed by atoms with E-state index in [1.807, 2.05) is 19.1 Å². The minimum absolute atomic E-state index is 0.0234. The van der Waals surface area contributed by atoms with Crippen LogP contribution in [0.25, 0.3) is 0 Å². The second kappa shape index (κ2) is 7.11. The Hall–Kier alpha value is -2.60. The highest BCUT2D eigenvalue weighted by Gasteiger charge is 2.15. The van der Waals surface area contributed by atoms with E-state index in [-0.39, 0.29) is 23.8 Å². The Morgan fingerprint density at radius 3 is 2.61 bits per heavy atom. The van der Waals surface area contributed by atoms with Gasteiger partial charge in [-0.3, -0.25) is 14.9 Å². The van der Waals surface area contributed by atoms with E-state index in [4.69, 9.17) is 11.6 Å². The molecule has 2 N–H and O–H groups in total. The van der Waals surface area contributed by atoms with Gasteiger partial charge in [0.2, 0.25) is 5.91 Å². The number of hydrogen-bond donors (Lipinski definition) is 2. The zero-order valence-corrected chi connectivity index (χ0v) is 13.5. The first-order chi connectivity index (χ1) is 10.9. The SMILES string of the molecule is Cc1ccc(NC(=O)CNc2ccc(C)c(Cl)c2)c([N+](=O)[O-])c1. The van der Waals surface area contributed by atoms with Gasteiger partial charge in [-0.15, -0.1) is 0 Å². The highest BCUT2D eigenvalue weighted by Crippen LogP contribution is 2.25. The van der Waals surface area contributed by atoms with Gasteiger partial charge >= 0.3 is 0 Å². The molecule has 6 nitrogen and oxygen atoms in total. The minimum atomic E-state index is -0.518. The van der Waals surface area contributed by atoms with Gasteiger partial charge in [0.25, 0.3) is 5.69 Å². The van der Waals surface area contributed by atoms with E-state index in [2.05, 4.69) is 10.6 Å². The fraction of sp³-hybridized carbons (Fsp3) is 0.188. The first-order valence-electron chi connectivity index (χ1n) is 6.92. The molecule has 23 heavy (non-hydrogen) atoms. The molecule has 0 atom stereocenters. The maximum Gasteiger partial charge on any atom is 0.293 e. The molecule has 0 spiro atoms. The summed E-state index contributed by atoms with van der Waals surface area (Å²) in [6.07, 6.45) is 0. The predicted octanol–water partition coefficient (Wildman–Crippen LogP) is 3.92. The van der Waals surface area contributed by atoms with Crippen molar-refractivity contribution in [2.45, 2.75) is 13.8 Å². The number of nitrogens with zero attached hydrogens (tertiary/aromatic N) is 1. The van der Waals surface area contributed by atoms with Crippen molar-refractivity contribution in [3.63, 3.8) is 0 Å². The van der Waals surface area contributed by atoms with Gasteiger partial charge in [0.05, 0.1) is 11.5 Å². The molecule has 0 aliphatic rings. The van der Waals surface area contributed by atoms with Gasteiger partial charge in [0.1, 0.15) is 5.69 Å². The normalized spacial score (nSPS) is 10.2. The molecule has 0 aliphatic heterocycles. The van der Waals surface area contributed by atoms with Gasteiger partial charge in [0.15, 0.2) is 0 Å². The second-order valence-corrected chi connectivity index (χ2v) is 5.55. The van der Waals surface area contributed by atoms with E-state index < -0.39 is 4.92 Å². The Balaban J connectivity index is 2.02. The predicted molar refractivity (Wildman–Crippen MR) is 91.1 cm³/mol. The Bertz CT molecular complexity index is 762. The van der Waals surface area contributed by atoms with Gasteiger partial charge < -0.3 is 10.6 Å². The molecule has 0 heterocycles. The summed E-state index contributed by atoms with van der Waals surface area (Å²) in [6, 6.07) is 10.0. The number of halogens is 1. The Kier molecular flexibility index (Phi) is 5.18. The smallest absolute Gasteiger partial charge is 0.293 e. The molecule has 0 saturated carbocycles. The van der Waals surface area contributed by atoms with Crippen LogP contribution in [0, 0.1) is 24.0 Å². The molecule has 1 amide bonds. The van der Waals surface area contributed by atoms with Crippen molar-refractivity contribution in [1.29, 1.82) is 0 Å². The van der Waals surface area contributed by atoms with Crippen LogP contribution in [0.15, 0.2) is 36.4 Å². The van der Waals surface area contributed by atoms with E-state index in [1.165, 1.54) is 12.1 Å². The number of amides is 1. The lowest BCUT2D eigenvalue weighted by molar-refractivity contribution is -0.384. The molecule has 0 saturated heterocycles. The van der Waals surface area contributed by atoms with Crippen molar-refractivity contribution in [2.75, 3.05) is 17.2 Å². The number of carbonyl (C=O) groups is 1. The van der Waals surface area contributed by atoms with Crippen molar-refractivity contribution in [2.24, 2.45) is 0 Å². The van der Waals surface area contributed by atoms with Crippen LogP contribution >= 0.6 is 11.6 Å². The van der Waals surface area contributed by atoms with Crippen LogP contribution in [0.5, 0.6) is 0 Å². The highest BCUT2D eigenvalue weighted by atomic mass is 35.5. The first-order valence-corrected chi connectivity index (χ1v) is 7.29. The molecule has 0 aromatic heterocycles. The molecule has 0 unspecified atom stereocenters. The lowest BCUT2D eigenvalue weighted by Crippen LogP contribution is -2.22. The van der Waals surface area contributed by atoms with Crippen LogP contribution < -0.4 is 10.6 Å². The molecule has 0 fully saturated rings. The summed E-state index contributed by atoms with van der Waals surface area (Å²) in [7, 11) is 0. The number of nitrogens with one attached hydrogen (secondary N) is 2. The quantitative estimate of drug-likeness (QED) is 0.641. The third-order valence-corrected chi connectivity index (χ3v) is 3.66. The fourth-order valence-electron chi connectivity index (χ4n) is 1.98. The number of benzene rings is 2. The summed E-state index contributed by atoms with van der Waals surface area (Å²) in [5.41, 5.74) is 2.44. The maximum atomic E-state index is 12.0. The third kappa shape index (κ3) is 4.43. The van der Waals surface area contributed by atoms with Crippen molar-refractivity contribution < 1.29 is 9.72 Å². The average Bonchev–Trinajstić information content (AvgIpc) is 2.50. The molecule has 7 heteroatoms. The average molecular weight is 334 g/mol. The summed E-state index contributed by atoms with van der Waals surface area (Å²) < 4.78 is 0. The zero-order valence-electron chi connectivity index (χ0n) is 12.7. The third-order valence-electron chi connectivity index (χ3n) is 3.25. The van der Waals surface area contributed by atoms with E-state index >= 15 is 0 Å². The van der Waals surface area contributed by atoms with Crippen molar-refractivity contribution >= 4 is 34.6 Å². The molecule has 120 valence electrons. The molecular formula is C16H16ClN3O3. The largest absolute Gasteiger partial charge is 0.376 e. The number of hydrogen-bond acceptors (Lipinski definition) is 4. The van der Waals surface area contributed by atoms with Gasteiger partial charge in [-0.2, -0.15) is 0 Å². The summed E-state index contributed by atoms with van der Waals surface area (Å²) in [5, 5.41) is 17.1. The Morgan fingerprint density at radius 1 is 1.22 bits per heavy atom. The number of rotatable bonds is 5. The number of carbonyl (C=O) groups excluding carboxylic acids is 1. The van der Waals surface area contributed by atoms with Crippen LogP contribution in [-0.2, 0) is 4.79 Å². The van der Waals surface area contributed by atoms with Gasteiger partial charge in [0, 0.05) is 16.8 Å². The van der Waals surface area contributed by atoms with Crippen molar-refractivity contribution in [3.05, 3.63) is 62.7 Å². The summed E-state index contributed by atoms with van der Waals surface area (Å²) in [4.78, 5) is 22.5. The Morgan fingerprint density at radius 2 is 1.96 bits per heavy atom. The van der Waals surface area contributed by atoms with Crippen LogP contribution in [0.3, 0.4) is 0 Å². The number of nitro benzene ring substituents is 1. The van der Waals surface area contributed by atoms with E-state index in [0.717, 1.165) is 11.1 Å². The highest BCUT2D eigenvalue weighted by molar-refractivity contribution is 6.31. The van der Waals surface area contributed by atoms with Crippen molar-refractivity contribution in [3.8, 4) is 0 Å². The molecular weight excluding hydrogens is 318 g/mol. The maximum absolute atomic E-state index is 12.0. The molecule has 0 bridgehead atoms. The van der Waals surface area contributed by atoms with Crippen LogP contribution in [-0.4, -0.2) is 17.4 Å². The first kappa shape index (κ1) is 16.8. The topological polar surface area (TPSA) is 84.3 Å². The van der Waals surface area contributed by atoms with Crippen LogP contribution in [0.4, 0.5) is 17.1 Å². The van der Waals surface area contributed by atoms with E-state index in [1.54, 1.807) is 19.1 Å². The van der Waals surface area contributed by atoms with Gasteiger partial charge in [-0.25, -0.2) is 0 Å². The summed E-state index contributed by atoms with van der Waals surface area (Å²) in [5.74, 6) is -0.381. The summed E-state index contributed by atoms with van der Waals surface area (Å²) in [6.45, 7) is 3.61. The molecule has 0 aliphatic carbocycles. The van der Waals surface area contributed by atoms with E-state index in [0.29, 0.717) is 10.7 Å². The molecule has 2 rings (SSSR count). The minimum Gasteiger partial charge on any atom is -0.376 e. The zero-order chi connectivity index (χ0) is 17.0. The van der Waals surface area contributed by atoms with Crippen LogP contribution in [0.2, 0.25) is 5.02 Å².